The molecule has 8 heteroatoms. The SMILES string of the molecule is COC1CC2CN(C(=O)Nc3ccc4c(c3)OCCO4)CC(=O)N2C1. The number of benzene rings is 1. The number of fused-ring (bicyclic) bond motifs is 2. The Balaban J connectivity index is 1.42. The van der Waals surface area contributed by atoms with Crippen LogP contribution in [0.15, 0.2) is 18.2 Å². The number of piperazine rings is 1. The first-order valence-corrected chi connectivity index (χ1v) is 8.42. The standard InChI is InChI=1S/C17H21N3O5/c1-23-13-7-12-8-19(10-16(21)20(12)9-13)17(22)18-11-2-3-14-15(6-11)25-5-4-24-14/h2-3,6,12-13H,4-5,7-10H2,1H3,(H,18,22). The van der Waals surface area contributed by atoms with Crippen molar-refractivity contribution in [3.05, 3.63) is 18.2 Å². The van der Waals surface area contributed by atoms with Gasteiger partial charge in [0.25, 0.3) is 0 Å². The maximum absolute atomic E-state index is 12.6. The lowest BCUT2D eigenvalue weighted by atomic mass is 10.1. The Kier molecular flexibility index (Phi) is 4.12. The van der Waals surface area contributed by atoms with Crippen molar-refractivity contribution in [2.45, 2.75) is 18.6 Å². The summed E-state index contributed by atoms with van der Waals surface area (Å²) in [4.78, 5) is 28.2. The molecule has 3 aliphatic rings. The van der Waals surface area contributed by atoms with Crippen LogP contribution in [0.5, 0.6) is 11.5 Å². The lowest BCUT2D eigenvalue weighted by Crippen LogP contribution is -2.56. The van der Waals surface area contributed by atoms with Crippen molar-refractivity contribution in [2.75, 3.05) is 45.3 Å². The molecule has 0 bridgehead atoms. The Hall–Kier alpha value is -2.48. The fourth-order valence-corrected chi connectivity index (χ4v) is 3.57. The number of amides is 3. The molecule has 3 aliphatic heterocycles. The maximum Gasteiger partial charge on any atom is 0.322 e. The van der Waals surface area contributed by atoms with Crippen LogP contribution in [0.2, 0.25) is 0 Å². The predicted molar refractivity (Wildman–Crippen MR) is 88.9 cm³/mol. The number of rotatable bonds is 2. The van der Waals surface area contributed by atoms with Crippen LogP contribution in [0.4, 0.5) is 10.5 Å². The first kappa shape index (κ1) is 16.0. The molecule has 0 saturated carbocycles. The molecule has 134 valence electrons. The van der Waals surface area contributed by atoms with E-state index in [0.29, 0.717) is 43.5 Å². The number of nitrogens with one attached hydrogen (secondary N) is 1. The monoisotopic (exact) mass is 347 g/mol. The van der Waals surface area contributed by atoms with Crippen molar-refractivity contribution in [2.24, 2.45) is 0 Å². The van der Waals surface area contributed by atoms with Crippen molar-refractivity contribution in [3.63, 3.8) is 0 Å². The summed E-state index contributed by atoms with van der Waals surface area (Å²) in [7, 11) is 1.65. The van der Waals surface area contributed by atoms with Gasteiger partial charge in [0.1, 0.15) is 19.8 Å². The van der Waals surface area contributed by atoms with Gasteiger partial charge in [0.15, 0.2) is 11.5 Å². The maximum atomic E-state index is 12.6. The molecule has 0 aromatic heterocycles. The van der Waals surface area contributed by atoms with Gasteiger partial charge in [-0.15, -0.1) is 0 Å². The predicted octanol–water partition coefficient (Wildman–Crippen LogP) is 0.921. The normalized spacial score (nSPS) is 24.9. The average molecular weight is 347 g/mol. The van der Waals surface area contributed by atoms with Gasteiger partial charge >= 0.3 is 6.03 Å². The van der Waals surface area contributed by atoms with E-state index in [1.807, 2.05) is 4.90 Å². The number of methoxy groups -OCH3 is 1. The lowest BCUT2D eigenvalue weighted by Gasteiger charge is -2.36. The molecule has 8 nitrogen and oxygen atoms in total. The van der Waals surface area contributed by atoms with Crippen molar-refractivity contribution >= 4 is 17.6 Å². The molecule has 1 aromatic rings. The quantitative estimate of drug-likeness (QED) is 0.861. The van der Waals surface area contributed by atoms with E-state index in [-0.39, 0.29) is 30.6 Å². The van der Waals surface area contributed by atoms with E-state index >= 15 is 0 Å². The molecule has 3 heterocycles. The van der Waals surface area contributed by atoms with Gasteiger partial charge in [-0.2, -0.15) is 0 Å². The molecule has 0 spiro atoms. The zero-order valence-electron chi connectivity index (χ0n) is 14.1. The zero-order valence-corrected chi connectivity index (χ0v) is 14.1. The molecule has 3 amide bonds. The highest BCUT2D eigenvalue weighted by Gasteiger charge is 2.41. The Labute approximate surface area is 145 Å². The summed E-state index contributed by atoms with van der Waals surface area (Å²) in [6.07, 6.45) is 0.811. The molecule has 1 N–H and O–H groups in total. The minimum atomic E-state index is -0.287. The largest absolute Gasteiger partial charge is 0.486 e. The summed E-state index contributed by atoms with van der Waals surface area (Å²) < 4.78 is 16.4. The number of ether oxygens (including phenoxy) is 3. The van der Waals surface area contributed by atoms with Crippen molar-refractivity contribution in [1.82, 2.24) is 9.80 Å². The number of carbonyl (C=O) groups is 2. The van der Waals surface area contributed by atoms with Gasteiger partial charge < -0.3 is 29.3 Å². The van der Waals surface area contributed by atoms with Gasteiger partial charge in [-0.05, 0) is 18.6 Å². The van der Waals surface area contributed by atoms with Gasteiger partial charge in [-0.25, -0.2) is 4.79 Å². The van der Waals surface area contributed by atoms with Crippen LogP contribution in [0.3, 0.4) is 0 Å². The molecule has 2 saturated heterocycles. The minimum absolute atomic E-state index is 0.0252. The molecule has 2 atom stereocenters. The number of hydrogen-bond donors (Lipinski definition) is 1. The fourth-order valence-electron chi connectivity index (χ4n) is 3.57. The van der Waals surface area contributed by atoms with Gasteiger partial charge in [-0.3, -0.25) is 4.79 Å². The average Bonchev–Trinajstić information content (AvgIpc) is 3.05. The smallest absolute Gasteiger partial charge is 0.322 e. The summed E-state index contributed by atoms with van der Waals surface area (Å²) in [5, 5.41) is 2.84. The van der Waals surface area contributed by atoms with Crippen molar-refractivity contribution in [1.29, 1.82) is 0 Å². The Morgan fingerprint density at radius 2 is 2.04 bits per heavy atom. The highest BCUT2D eigenvalue weighted by atomic mass is 16.6. The number of urea groups is 1. The highest BCUT2D eigenvalue weighted by molar-refractivity contribution is 5.93. The number of anilines is 1. The third kappa shape index (κ3) is 3.09. The van der Waals surface area contributed by atoms with Crippen LogP contribution in [0.1, 0.15) is 6.42 Å². The second kappa shape index (κ2) is 6.44. The summed E-state index contributed by atoms with van der Waals surface area (Å²) in [5.41, 5.74) is 0.616. The molecule has 2 fully saturated rings. The van der Waals surface area contributed by atoms with E-state index in [2.05, 4.69) is 5.32 Å². The fraction of sp³-hybridized carbons (Fsp3) is 0.529. The number of carbonyl (C=O) groups excluding carboxylic acids is 2. The van der Waals surface area contributed by atoms with E-state index < -0.39 is 0 Å². The second-order valence-corrected chi connectivity index (χ2v) is 6.46. The number of nitrogens with zero attached hydrogens (tertiary/aromatic N) is 2. The molecule has 0 aliphatic carbocycles. The molecule has 2 unspecified atom stereocenters. The van der Waals surface area contributed by atoms with E-state index in [4.69, 9.17) is 14.2 Å². The molecule has 0 radical (unpaired) electrons. The summed E-state index contributed by atoms with van der Waals surface area (Å²) in [6.45, 7) is 2.22. The first-order chi connectivity index (χ1) is 12.1. The Morgan fingerprint density at radius 1 is 1.24 bits per heavy atom. The van der Waals surface area contributed by atoms with Crippen LogP contribution in [0.25, 0.3) is 0 Å². The highest BCUT2D eigenvalue weighted by Crippen LogP contribution is 2.33. The zero-order chi connectivity index (χ0) is 17.4. The van der Waals surface area contributed by atoms with Crippen LogP contribution in [0, 0.1) is 0 Å². The Bertz CT molecular complexity index is 695. The van der Waals surface area contributed by atoms with E-state index in [9.17, 15) is 9.59 Å². The van der Waals surface area contributed by atoms with Crippen molar-refractivity contribution < 1.29 is 23.8 Å². The van der Waals surface area contributed by atoms with E-state index in [1.165, 1.54) is 0 Å². The van der Waals surface area contributed by atoms with Crippen LogP contribution < -0.4 is 14.8 Å². The molecule has 1 aromatic carbocycles. The third-order valence-electron chi connectivity index (χ3n) is 4.87. The van der Waals surface area contributed by atoms with Gasteiger partial charge in [-0.1, -0.05) is 0 Å². The van der Waals surface area contributed by atoms with Crippen molar-refractivity contribution in [3.8, 4) is 11.5 Å². The summed E-state index contributed by atoms with van der Waals surface area (Å²) in [5.74, 6) is 1.25. The summed E-state index contributed by atoms with van der Waals surface area (Å²) in [6, 6.07) is 5.01. The van der Waals surface area contributed by atoms with Crippen LogP contribution in [-0.4, -0.2) is 73.8 Å². The molecular weight excluding hydrogens is 326 g/mol. The molecule has 25 heavy (non-hydrogen) atoms. The first-order valence-electron chi connectivity index (χ1n) is 8.42. The van der Waals surface area contributed by atoms with E-state index in [0.717, 1.165) is 6.42 Å². The second-order valence-electron chi connectivity index (χ2n) is 6.46. The van der Waals surface area contributed by atoms with Crippen LogP contribution >= 0.6 is 0 Å². The van der Waals surface area contributed by atoms with Gasteiger partial charge in [0.05, 0.1) is 12.1 Å². The molecule has 4 rings (SSSR count). The number of hydrogen-bond acceptors (Lipinski definition) is 5. The Morgan fingerprint density at radius 3 is 2.84 bits per heavy atom. The van der Waals surface area contributed by atoms with Gasteiger partial charge in [0.2, 0.25) is 5.91 Å². The van der Waals surface area contributed by atoms with Gasteiger partial charge in [0, 0.05) is 32.0 Å². The minimum Gasteiger partial charge on any atom is -0.486 e. The third-order valence-corrected chi connectivity index (χ3v) is 4.87. The summed E-state index contributed by atoms with van der Waals surface area (Å²) >= 11 is 0. The van der Waals surface area contributed by atoms with Crippen LogP contribution in [-0.2, 0) is 9.53 Å². The molecular formula is C17H21N3O5. The lowest BCUT2D eigenvalue weighted by molar-refractivity contribution is -0.136. The van der Waals surface area contributed by atoms with E-state index in [1.54, 1.807) is 30.2 Å². The topological polar surface area (TPSA) is 80.3 Å².